The van der Waals surface area contributed by atoms with Crippen molar-refractivity contribution in [1.29, 1.82) is 0 Å². The number of hydrogen-bond donors (Lipinski definition) is 0. The maximum absolute atomic E-state index is 13.4. The van der Waals surface area contributed by atoms with Gasteiger partial charge >= 0.3 is 0 Å². The van der Waals surface area contributed by atoms with Gasteiger partial charge in [-0.3, -0.25) is 4.98 Å². The predicted molar refractivity (Wildman–Crippen MR) is 51.2 cm³/mol. The Bertz CT molecular complexity index is 463. The summed E-state index contributed by atoms with van der Waals surface area (Å²) in [6.07, 6.45) is 1.64. The van der Waals surface area contributed by atoms with E-state index in [4.69, 9.17) is 0 Å². The van der Waals surface area contributed by atoms with Crippen molar-refractivity contribution in [3.63, 3.8) is 0 Å². The Morgan fingerprint density at radius 3 is 2.77 bits per heavy atom. The molecule has 66 valence electrons. The summed E-state index contributed by atoms with van der Waals surface area (Å²) in [5.74, 6) is -0.237. The lowest BCUT2D eigenvalue weighted by molar-refractivity contribution is 0.635. The lowest BCUT2D eigenvalue weighted by Crippen LogP contribution is -1.88. The molecular weight excluding hydrogens is 165 g/mol. The molecule has 0 unspecified atom stereocenters. The van der Waals surface area contributed by atoms with Gasteiger partial charge in [-0.1, -0.05) is 0 Å². The van der Waals surface area contributed by atoms with Gasteiger partial charge in [0.25, 0.3) is 0 Å². The number of hydrogen-bond acceptors (Lipinski definition) is 1. The molecule has 0 fully saturated rings. The minimum Gasteiger partial charge on any atom is -0.253 e. The zero-order chi connectivity index (χ0) is 9.42. The maximum Gasteiger partial charge on any atom is 0.149 e. The van der Waals surface area contributed by atoms with E-state index in [1.807, 2.05) is 26.0 Å². The number of pyridine rings is 1. The summed E-state index contributed by atoms with van der Waals surface area (Å²) in [5.41, 5.74) is 2.46. The van der Waals surface area contributed by atoms with Crippen LogP contribution in [-0.4, -0.2) is 4.98 Å². The first kappa shape index (κ1) is 8.17. The van der Waals surface area contributed by atoms with Gasteiger partial charge in [0.15, 0.2) is 0 Å². The van der Waals surface area contributed by atoms with E-state index < -0.39 is 0 Å². The van der Waals surface area contributed by atoms with E-state index in [0.29, 0.717) is 5.52 Å². The largest absolute Gasteiger partial charge is 0.253 e. The summed E-state index contributed by atoms with van der Waals surface area (Å²) < 4.78 is 13.4. The molecule has 0 amide bonds. The second-order valence-corrected chi connectivity index (χ2v) is 3.27. The van der Waals surface area contributed by atoms with Crippen LogP contribution in [0.3, 0.4) is 0 Å². The van der Waals surface area contributed by atoms with Crippen molar-refractivity contribution < 1.29 is 4.39 Å². The molecule has 0 bridgehead atoms. The Hall–Kier alpha value is -1.44. The van der Waals surface area contributed by atoms with E-state index in [0.717, 1.165) is 16.5 Å². The number of nitrogens with zero attached hydrogens (tertiary/aromatic N) is 1. The molecular formula is C11H10FN. The van der Waals surface area contributed by atoms with Crippen molar-refractivity contribution in [3.8, 4) is 0 Å². The van der Waals surface area contributed by atoms with Crippen molar-refractivity contribution in [3.05, 3.63) is 41.3 Å². The standard InChI is InChI=1S/C11H10FN/c1-7-5-9-8(2)3-4-13-11(9)10(12)6-7/h3-6H,1-2H3. The molecule has 1 nitrogen and oxygen atoms in total. The van der Waals surface area contributed by atoms with Gasteiger partial charge < -0.3 is 0 Å². The lowest BCUT2D eigenvalue weighted by atomic mass is 10.1. The van der Waals surface area contributed by atoms with Gasteiger partial charge in [-0.15, -0.1) is 0 Å². The van der Waals surface area contributed by atoms with E-state index in [2.05, 4.69) is 4.98 Å². The summed E-state index contributed by atoms with van der Waals surface area (Å²) in [6.45, 7) is 3.85. The number of aryl methyl sites for hydroxylation is 2. The summed E-state index contributed by atoms with van der Waals surface area (Å²) in [5, 5.41) is 0.903. The molecule has 13 heavy (non-hydrogen) atoms. The van der Waals surface area contributed by atoms with Crippen LogP contribution in [0.25, 0.3) is 10.9 Å². The smallest absolute Gasteiger partial charge is 0.149 e. The number of benzene rings is 1. The van der Waals surface area contributed by atoms with E-state index in [1.54, 1.807) is 6.20 Å². The van der Waals surface area contributed by atoms with Crippen LogP contribution in [-0.2, 0) is 0 Å². The van der Waals surface area contributed by atoms with Gasteiger partial charge in [-0.25, -0.2) is 4.39 Å². The molecule has 0 aliphatic heterocycles. The highest BCUT2D eigenvalue weighted by molar-refractivity contribution is 5.82. The average Bonchev–Trinajstić information content (AvgIpc) is 2.07. The van der Waals surface area contributed by atoms with Gasteiger partial charge in [0, 0.05) is 11.6 Å². The van der Waals surface area contributed by atoms with Crippen LogP contribution >= 0.6 is 0 Å². The van der Waals surface area contributed by atoms with Crippen LogP contribution in [0.2, 0.25) is 0 Å². The van der Waals surface area contributed by atoms with Crippen LogP contribution in [0.1, 0.15) is 11.1 Å². The highest BCUT2D eigenvalue weighted by Crippen LogP contribution is 2.20. The van der Waals surface area contributed by atoms with Crippen molar-refractivity contribution in [2.75, 3.05) is 0 Å². The Labute approximate surface area is 76.2 Å². The third-order valence-corrected chi connectivity index (χ3v) is 2.16. The molecule has 1 aromatic carbocycles. The highest BCUT2D eigenvalue weighted by Gasteiger charge is 2.04. The summed E-state index contributed by atoms with van der Waals surface area (Å²) in [7, 11) is 0. The molecule has 0 radical (unpaired) electrons. The fraction of sp³-hybridized carbons (Fsp3) is 0.182. The SMILES string of the molecule is Cc1cc(F)c2nccc(C)c2c1. The predicted octanol–water partition coefficient (Wildman–Crippen LogP) is 2.99. The number of halogens is 1. The maximum atomic E-state index is 13.4. The van der Waals surface area contributed by atoms with E-state index in [1.165, 1.54) is 6.07 Å². The molecule has 2 aromatic rings. The minimum absolute atomic E-state index is 0.237. The fourth-order valence-corrected chi connectivity index (χ4v) is 1.48. The zero-order valence-electron chi connectivity index (χ0n) is 7.63. The number of aromatic nitrogens is 1. The highest BCUT2D eigenvalue weighted by atomic mass is 19.1. The number of fused-ring (bicyclic) bond motifs is 1. The van der Waals surface area contributed by atoms with E-state index in [-0.39, 0.29) is 5.82 Å². The Morgan fingerprint density at radius 1 is 1.23 bits per heavy atom. The van der Waals surface area contributed by atoms with Crippen LogP contribution < -0.4 is 0 Å². The van der Waals surface area contributed by atoms with Crippen LogP contribution in [0.5, 0.6) is 0 Å². The van der Waals surface area contributed by atoms with E-state index in [9.17, 15) is 4.39 Å². The average molecular weight is 175 g/mol. The first-order chi connectivity index (χ1) is 6.18. The van der Waals surface area contributed by atoms with Crippen LogP contribution in [0, 0.1) is 19.7 Å². The molecule has 0 N–H and O–H groups in total. The van der Waals surface area contributed by atoms with Gasteiger partial charge in [0.05, 0.1) is 0 Å². The molecule has 2 rings (SSSR count). The van der Waals surface area contributed by atoms with E-state index >= 15 is 0 Å². The fourth-order valence-electron chi connectivity index (χ4n) is 1.48. The zero-order valence-corrected chi connectivity index (χ0v) is 7.63. The quantitative estimate of drug-likeness (QED) is 0.599. The molecule has 0 atom stereocenters. The molecule has 1 heterocycles. The first-order valence-electron chi connectivity index (χ1n) is 4.20. The summed E-state index contributed by atoms with van der Waals surface area (Å²) >= 11 is 0. The monoisotopic (exact) mass is 175 g/mol. The van der Waals surface area contributed by atoms with Crippen LogP contribution in [0.15, 0.2) is 24.4 Å². The first-order valence-corrected chi connectivity index (χ1v) is 4.20. The normalized spacial score (nSPS) is 10.7. The molecule has 0 spiro atoms. The molecule has 0 aliphatic carbocycles. The van der Waals surface area contributed by atoms with Crippen LogP contribution in [0.4, 0.5) is 4.39 Å². The van der Waals surface area contributed by atoms with Gasteiger partial charge in [-0.05, 0) is 43.2 Å². The third kappa shape index (κ3) is 1.28. The summed E-state index contributed by atoms with van der Waals surface area (Å²) in [4.78, 5) is 4.01. The molecule has 0 saturated heterocycles. The van der Waals surface area contributed by atoms with Gasteiger partial charge in [0.2, 0.25) is 0 Å². The van der Waals surface area contributed by atoms with Crippen molar-refractivity contribution >= 4 is 10.9 Å². The molecule has 0 saturated carbocycles. The second-order valence-electron chi connectivity index (χ2n) is 3.27. The lowest BCUT2D eigenvalue weighted by Gasteiger charge is -2.03. The number of rotatable bonds is 0. The molecule has 1 aromatic heterocycles. The minimum atomic E-state index is -0.237. The Balaban J connectivity index is 2.94. The molecule has 2 heteroatoms. The van der Waals surface area contributed by atoms with Gasteiger partial charge in [-0.2, -0.15) is 0 Å². The topological polar surface area (TPSA) is 12.9 Å². The molecule has 0 aliphatic rings. The van der Waals surface area contributed by atoms with Crippen molar-refractivity contribution in [1.82, 2.24) is 4.98 Å². The Kier molecular flexibility index (Phi) is 1.76. The third-order valence-electron chi connectivity index (χ3n) is 2.16. The van der Waals surface area contributed by atoms with Gasteiger partial charge in [0.1, 0.15) is 11.3 Å². The second kappa shape index (κ2) is 2.80. The van der Waals surface area contributed by atoms with Crippen molar-refractivity contribution in [2.45, 2.75) is 13.8 Å². The Morgan fingerprint density at radius 2 is 2.00 bits per heavy atom. The van der Waals surface area contributed by atoms with Crippen molar-refractivity contribution in [2.24, 2.45) is 0 Å². The summed E-state index contributed by atoms with van der Waals surface area (Å²) in [6, 6.07) is 5.36.